The van der Waals surface area contributed by atoms with Gasteiger partial charge in [-0.2, -0.15) is 0 Å². The van der Waals surface area contributed by atoms with Crippen molar-refractivity contribution in [3.63, 3.8) is 0 Å². The molecule has 0 spiro atoms. The molecule has 0 radical (unpaired) electrons. The minimum atomic E-state index is 0.123. The SMILES string of the molecule is C=CC1CC(=O)N(c2c(Br)cncc2Br)C1. The smallest absolute Gasteiger partial charge is 0.227 e. The number of pyridine rings is 1. The van der Waals surface area contributed by atoms with Gasteiger partial charge < -0.3 is 4.90 Å². The van der Waals surface area contributed by atoms with Crippen molar-refractivity contribution in [3.05, 3.63) is 34.0 Å². The number of rotatable bonds is 2. The van der Waals surface area contributed by atoms with Gasteiger partial charge in [0.1, 0.15) is 0 Å². The minimum Gasteiger partial charge on any atom is -0.309 e. The normalized spacial score (nSPS) is 20.2. The molecule has 2 rings (SSSR count). The Morgan fingerprint density at radius 3 is 2.56 bits per heavy atom. The fraction of sp³-hybridized carbons (Fsp3) is 0.273. The fourth-order valence-corrected chi connectivity index (χ4v) is 3.13. The van der Waals surface area contributed by atoms with Crippen molar-refractivity contribution in [2.24, 2.45) is 5.92 Å². The average molecular weight is 346 g/mol. The fourth-order valence-electron chi connectivity index (χ4n) is 1.77. The zero-order valence-electron chi connectivity index (χ0n) is 8.49. The molecule has 0 aromatic carbocycles. The first-order valence-electron chi connectivity index (χ1n) is 4.85. The Morgan fingerprint density at radius 1 is 1.44 bits per heavy atom. The Balaban J connectivity index is 2.38. The standard InChI is InChI=1S/C11H10Br2N2O/c1-2-7-3-10(16)15(6-7)11-8(12)4-14-5-9(11)13/h2,4-5,7H,1,3,6H2. The zero-order valence-corrected chi connectivity index (χ0v) is 11.7. The molecule has 1 aromatic heterocycles. The summed E-state index contributed by atoms with van der Waals surface area (Å²) in [5.41, 5.74) is 0.851. The lowest BCUT2D eigenvalue weighted by Gasteiger charge is -2.19. The van der Waals surface area contributed by atoms with Crippen molar-refractivity contribution in [1.82, 2.24) is 4.98 Å². The first kappa shape index (κ1) is 11.8. The van der Waals surface area contributed by atoms with Gasteiger partial charge >= 0.3 is 0 Å². The maximum Gasteiger partial charge on any atom is 0.227 e. The molecule has 0 saturated carbocycles. The molecule has 1 atom stereocenters. The summed E-state index contributed by atoms with van der Waals surface area (Å²) in [5.74, 6) is 0.358. The number of halogens is 2. The Bertz CT molecular complexity index is 427. The van der Waals surface area contributed by atoms with Gasteiger partial charge in [-0.25, -0.2) is 0 Å². The predicted molar refractivity (Wildman–Crippen MR) is 70.3 cm³/mol. The Morgan fingerprint density at radius 2 is 2.06 bits per heavy atom. The maximum atomic E-state index is 11.9. The van der Waals surface area contributed by atoms with Crippen LogP contribution in [0.3, 0.4) is 0 Å². The van der Waals surface area contributed by atoms with Crippen LogP contribution < -0.4 is 4.90 Å². The van der Waals surface area contributed by atoms with Crippen LogP contribution in [0.5, 0.6) is 0 Å². The number of hydrogen-bond acceptors (Lipinski definition) is 2. The van der Waals surface area contributed by atoms with Gasteiger partial charge in [0.2, 0.25) is 5.91 Å². The van der Waals surface area contributed by atoms with E-state index >= 15 is 0 Å². The molecule has 1 aliphatic heterocycles. The molecule has 84 valence electrons. The van der Waals surface area contributed by atoms with E-state index in [1.807, 2.05) is 6.08 Å². The number of nitrogens with zero attached hydrogens (tertiary/aromatic N) is 2. The third-order valence-corrected chi connectivity index (χ3v) is 3.75. The molecule has 1 aliphatic rings. The minimum absolute atomic E-state index is 0.123. The number of carbonyl (C=O) groups is 1. The van der Waals surface area contributed by atoms with E-state index in [4.69, 9.17) is 0 Å². The summed E-state index contributed by atoms with van der Waals surface area (Å²) in [4.78, 5) is 17.7. The summed E-state index contributed by atoms with van der Waals surface area (Å²) in [5, 5.41) is 0. The first-order valence-corrected chi connectivity index (χ1v) is 6.44. The van der Waals surface area contributed by atoms with Crippen LogP contribution >= 0.6 is 31.9 Å². The van der Waals surface area contributed by atoms with Gasteiger partial charge in [0, 0.05) is 31.3 Å². The molecule has 0 N–H and O–H groups in total. The number of carbonyl (C=O) groups excluding carboxylic acids is 1. The largest absolute Gasteiger partial charge is 0.309 e. The first-order chi connectivity index (χ1) is 7.63. The monoisotopic (exact) mass is 344 g/mol. The highest BCUT2D eigenvalue weighted by Gasteiger charge is 2.31. The molecule has 1 aromatic rings. The van der Waals surface area contributed by atoms with Crippen LogP contribution in [-0.4, -0.2) is 17.4 Å². The van der Waals surface area contributed by atoms with Crippen LogP contribution in [0.15, 0.2) is 34.0 Å². The molecule has 16 heavy (non-hydrogen) atoms. The van der Waals surface area contributed by atoms with E-state index in [2.05, 4.69) is 43.4 Å². The third-order valence-electron chi connectivity index (χ3n) is 2.59. The second kappa shape index (κ2) is 4.67. The summed E-state index contributed by atoms with van der Waals surface area (Å²) in [6, 6.07) is 0. The van der Waals surface area contributed by atoms with Gasteiger partial charge in [-0.05, 0) is 31.9 Å². The van der Waals surface area contributed by atoms with Crippen molar-refractivity contribution in [2.75, 3.05) is 11.4 Å². The quantitative estimate of drug-likeness (QED) is 0.771. The van der Waals surface area contributed by atoms with Crippen LogP contribution in [0.25, 0.3) is 0 Å². The summed E-state index contributed by atoms with van der Waals surface area (Å²) < 4.78 is 1.64. The molecule has 2 heterocycles. The van der Waals surface area contributed by atoms with Crippen molar-refractivity contribution in [3.8, 4) is 0 Å². The van der Waals surface area contributed by atoms with E-state index in [0.717, 1.165) is 14.6 Å². The summed E-state index contributed by atoms with van der Waals surface area (Å²) in [6.07, 6.45) is 5.74. The van der Waals surface area contributed by atoms with Gasteiger partial charge in [-0.1, -0.05) is 6.08 Å². The van der Waals surface area contributed by atoms with E-state index in [1.165, 1.54) is 0 Å². The lowest BCUT2D eigenvalue weighted by atomic mass is 10.1. The molecule has 1 fully saturated rings. The van der Waals surface area contributed by atoms with E-state index < -0.39 is 0 Å². The van der Waals surface area contributed by atoms with E-state index in [0.29, 0.717) is 13.0 Å². The number of amides is 1. The molecular formula is C11H10Br2N2O. The van der Waals surface area contributed by atoms with E-state index in [-0.39, 0.29) is 11.8 Å². The van der Waals surface area contributed by atoms with E-state index in [9.17, 15) is 4.79 Å². The highest BCUT2D eigenvalue weighted by Crippen LogP contribution is 2.36. The zero-order chi connectivity index (χ0) is 11.7. The molecule has 3 nitrogen and oxygen atoms in total. The molecule has 1 unspecified atom stereocenters. The molecule has 0 aliphatic carbocycles. The van der Waals surface area contributed by atoms with E-state index in [1.54, 1.807) is 17.3 Å². The second-order valence-corrected chi connectivity index (χ2v) is 5.36. The summed E-state index contributed by atoms with van der Waals surface area (Å²) in [6.45, 7) is 4.42. The van der Waals surface area contributed by atoms with Crippen molar-refractivity contribution < 1.29 is 4.79 Å². The maximum absolute atomic E-state index is 11.9. The van der Waals surface area contributed by atoms with Crippen LogP contribution in [0, 0.1) is 5.92 Å². The molecule has 1 amide bonds. The highest BCUT2D eigenvalue weighted by molar-refractivity contribution is 9.11. The van der Waals surface area contributed by atoms with Crippen molar-refractivity contribution in [1.29, 1.82) is 0 Å². The van der Waals surface area contributed by atoms with Crippen LogP contribution in [-0.2, 0) is 4.79 Å². The van der Waals surface area contributed by atoms with Crippen LogP contribution in [0.4, 0.5) is 5.69 Å². The van der Waals surface area contributed by atoms with Gasteiger partial charge in [-0.15, -0.1) is 6.58 Å². The highest BCUT2D eigenvalue weighted by atomic mass is 79.9. The number of anilines is 1. The predicted octanol–water partition coefficient (Wildman–Crippen LogP) is 3.15. The van der Waals surface area contributed by atoms with Gasteiger partial charge in [0.15, 0.2) is 0 Å². The lowest BCUT2D eigenvalue weighted by Crippen LogP contribution is -2.25. The number of hydrogen-bond donors (Lipinski definition) is 0. The van der Waals surface area contributed by atoms with Gasteiger partial charge in [0.05, 0.1) is 14.6 Å². The third kappa shape index (κ3) is 2.06. The van der Waals surface area contributed by atoms with Gasteiger partial charge in [0.25, 0.3) is 0 Å². The van der Waals surface area contributed by atoms with Crippen LogP contribution in [0.1, 0.15) is 6.42 Å². The Labute approximate surface area is 111 Å². The topological polar surface area (TPSA) is 33.2 Å². The summed E-state index contributed by atoms with van der Waals surface area (Å²) >= 11 is 6.83. The average Bonchev–Trinajstić information content (AvgIpc) is 2.60. The van der Waals surface area contributed by atoms with Crippen molar-refractivity contribution >= 4 is 43.5 Å². The van der Waals surface area contributed by atoms with Crippen LogP contribution in [0.2, 0.25) is 0 Å². The summed E-state index contributed by atoms with van der Waals surface area (Å²) in [7, 11) is 0. The number of aromatic nitrogens is 1. The second-order valence-electron chi connectivity index (χ2n) is 3.66. The Kier molecular flexibility index (Phi) is 3.44. The Hall–Kier alpha value is -0.680. The molecule has 5 heteroatoms. The molecular weight excluding hydrogens is 336 g/mol. The molecule has 0 bridgehead atoms. The van der Waals surface area contributed by atoms with Crippen molar-refractivity contribution in [2.45, 2.75) is 6.42 Å². The van der Waals surface area contributed by atoms with Gasteiger partial charge in [-0.3, -0.25) is 9.78 Å². The lowest BCUT2D eigenvalue weighted by molar-refractivity contribution is -0.117. The molecule has 1 saturated heterocycles.